The highest BCUT2D eigenvalue weighted by atomic mass is 32.2. The maximum absolute atomic E-state index is 14.1. The van der Waals surface area contributed by atoms with Crippen molar-refractivity contribution < 1.29 is 22.0 Å². The number of hydrogen-bond acceptors (Lipinski definition) is 4. The molecule has 168 valence electrons. The zero-order valence-corrected chi connectivity index (χ0v) is 18.3. The van der Waals surface area contributed by atoms with Gasteiger partial charge in [-0.3, -0.25) is 4.79 Å². The molecule has 1 amide bonds. The van der Waals surface area contributed by atoms with Crippen molar-refractivity contribution in [3.63, 3.8) is 0 Å². The third-order valence-corrected chi connectivity index (χ3v) is 6.27. The predicted molar refractivity (Wildman–Crippen MR) is 116 cm³/mol. The molecule has 1 aromatic heterocycles. The second-order valence-electron chi connectivity index (χ2n) is 7.05. The monoisotopic (exact) mass is 460 g/mol. The van der Waals surface area contributed by atoms with Gasteiger partial charge < -0.3 is 5.32 Å². The van der Waals surface area contributed by atoms with Crippen LogP contribution in [0, 0.1) is 18.6 Å². The molecule has 10 heteroatoms. The molecule has 0 spiro atoms. The summed E-state index contributed by atoms with van der Waals surface area (Å²) in [7, 11) is -4.14. The summed E-state index contributed by atoms with van der Waals surface area (Å²) in [6.45, 7) is 6.88. The molecule has 1 heterocycles. The number of sulfonamides is 1. The summed E-state index contributed by atoms with van der Waals surface area (Å²) in [6, 6.07) is 8.46. The van der Waals surface area contributed by atoms with Crippen LogP contribution < -0.4 is 10.0 Å². The van der Waals surface area contributed by atoms with Crippen molar-refractivity contribution >= 4 is 15.9 Å². The van der Waals surface area contributed by atoms with E-state index in [1.807, 2.05) is 6.92 Å². The number of aromatic nitrogens is 2. The molecule has 1 atom stereocenters. The van der Waals surface area contributed by atoms with Crippen LogP contribution in [-0.2, 0) is 10.0 Å². The van der Waals surface area contributed by atoms with E-state index in [1.54, 1.807) is 29.9 Å². The maximum atomic E-state index is 14.1. The van der Waals surface area contributed by atoms with E-state index in [0.717, 1.165) is 17.8 Å². The Morgan fingerprint density at radius 1 is 1.22 bits per heavy atom. The molecule has 1 unspecified atom stereocenters. The molecule has 2 N–H and O–H groups in total. The van der Waals surface area contributed by atoms with Crippen LogP contribution in [0.2, 0.25) is 0 Å². The molecule has 0 fully saturated rings. The van der Waals surface area contributed by atoms with Gasteiger partial charge in [0.2, 0.25) is 10.0 Å². The van der Waals surface area contributed by atoms with E-state index < -0.39 is 32.7 Å². The van der Waals surface area contributed by atoms with Crippen molar-refractivity contribution in [2.75, 3.05) is 6.54 Å². The first kappa shape index (κ1) is 23.3. The van der Waals surface area contributed by atoms with Crippen LogP contribution in [0.1, 0.15) is 34.6 Å². The quantitative estimate of drug-likeness (QED) is 0.504. The van der Waals surface area contributed by atoms with Gasteiger partial charge >= 0.3 is 0 Å². The topological polar surface area (TPSA) is 93.1 Å². The Balaban J connectivity index is 1.81. The van der Waals surface area contributed by atoms with Crippen LogP contribution in [0.5, 0.6) is 0 Å². The molecule has 0 aliphatic heterocycles. The summed E-state index contributed by atoms with van der Waals surface area (Å²) in [5, 5.41) is 7.06. The van der Waals surface area contributed by atoms with Crippen molar-refractivity contribution in [1.29, 1.82) is 0 Å². The summed E-state index contributed by atoms with van der Waals surface area (Å²) in [4.78, 5) is 12.1. The first-order valence-corrected chi connectivity index (χ1v) is 11.1. The van der Waals surface area contributed by atoms with Gasteiger partial charge in [0.15, 0.2) is 0 Å². The lowest BCUT2D eigenvalue weighted by molar-refractivity contribution is 0.0939. The predicted octanol–water partition coefficient (Wildman–Crippen LogP) is 3.41. The summed E-state index contributed by atoms with van der Waals surface area (Å²) >= 11 is 0. The number of amides is 1. The highest BCUT2D eigenvalue weighted by molar-refractivity contribution is 7.89. The fourth-order valence-electron chi connectivity index (χ4n) is 3.14. The van der Waals surface area contributed by atoms with Crippen molar-refractivity contribution in [2.24, 2.45) is 0 Å². The van der Waals surface area contributed by atoms with Gasteiger partial charge in [-0.05, 0) is 56.3 Å². The number of nitrogens with zero attached hydrogens (tertiary/aromatic N) is 2. The van der Waals surface area contributed by atoms with Gasteiger partial charge in [0, 0.05) is 23.4 Å². The van der Waals surface area contributed by atoms with Gasteiger partial charge in [-0.1, -0.05) is 6.08 Å². The fraction of sp³-hybridized carbons (Fsp3) is 0.182. The molecule has 2 aromatic carbocycles. The van der Waals surface area contributed by atoms with Crippen LogP contribution in [0.3, 0.4) is 0 Å². The number of hydrogen-bond donors (Lipinski definition) is 2. The van der Waals surface area contributed by atoms with Gasteiger partial charge in [0.1, 0.15) is 16.5 Å². The molecule has 0 bridgehead atoms. The fourth-order valence-corrected chi connectivity index (χ4v) is 4.24. The molecule has 3 aromatic rings. The molecule has 7 nitrogen and oxygen atoms in total. The van der Waals surface area contributed by atoms with Crippen LogP contribution in [0.4, 0.5) is 8.78 Å². The number of halogens is 2. The number of rotatable bonds is 8. The highest BCUT2D eigenvalue weighted by Crippen LogP contribution is 2.22. The number of carbonyl (C=O) groups excluding carboxylic acids is 1. The average molecular weight is 461 g/mol. The largest absolute Gasteiger partial charge is 0.345 e. The second kappa shape index (κ2) is 9.41. The molecule has 0 radical (unpaired) electrons. The average Bonchev–Trinajstić information content (AvgIpc) is 3.14. The minimum Gasteiger partial charge on any atom is -0.345 e. The molecule has 0 saturated heterocycles. The van der Waals surface area contributed by atoms with E-state index in [4.69, 9.17) is 0 Å². The number of carbonyl (C=O) groups is 1. The zero-order chi connectivity index (χ0) is 23.5. The smallest absolute Gasteiger partial charge is 0.251 e. The zero-order valence-electron chi connectivity index (χ0n) is 17.5. The lowest BCUT2D eigenvalue weighted by Gasteiger charge is -2.15. The van der Waals surface area contributed by atoms with Crippen molar-refractivity contribution in [3.8, 4) is 5.69 Å². The molecule has 0 aliphatic rings. The lowest BCUT2D eigenvalue weighted by Crippen LogP contribution is -2.28. The standard InChI is InChI=1S/C22H22F2N4O3S/c1-4-11-26-32(30,31)21-12-16(5-10-20(21)24)22(29)27-14(2)19-13-25-28(15(19)3)18-8-6-17(23)7-9-18/h4-10,12-14,26H,1,11H2,2-3H3,(H,27,29). The van der Waals surface area contributed by atoms with E-state index in [0.29, 0.717) is 11.3 Å². The Morgan fingerprint density at radius 3 is 2.56 bits per heavy atom. The van der Waals surface area contributed by atoms with E-state index in [1.165, 1.54) is 24.3 Å². The Bertz CT molecular complexity index is 1250. The van der Waals surface area contributed by atoms with Crippen molar-refractivity contribution in [1.82, 2.24) is 19.8 Å². The normalized spacial score (nSPS) is 12.4. The Kier molecular flexibility index (Phi) is 6.85. The van der Waals surface area contributed by atoms with Crippen molar-refractivity contribution in [2.45, 2.75) is 24.8 Å². The van der Waals surface area contributed by atoms with Crippen LogP contribution >= 0.6 is 0 Å². The Labute approximate surface area is 184 Å². The van der Waals surface area contributed by atoms with Crippen LogP contribution in [0.25, 0.3) is 5.69 Å². The van der Waals surface area contributed by atoms with E-state index in [-0.39, 0.29) is 17.9 Å². The van der Waals surface area contributed by atoms with Crippen LogP contribution in [0.15, 0.2) is 66.2 Å². The van der Waals surface area contributed by atoms with Crippen LogP contribution in [-0.4, -0.2) is 30.7 Å². The van der Waals surface area contributed by atoms with Gasteiger partial charge in [-0.25, -0.2) is 26.6 Å². The summed E-state index contributed by atoms with van der Waals surface area (Å²) in [6.07, 6.45) is 2.91. The third-order valence-electron chi connectivity index (χ3n) is 4.83. The summed E-state index contributed by atoms with van der Waals surface area (Å²) in [5.41, 5.74) is 2.10. The summed E-state index contributed by atoms with van der Waals surface area (Å²) in [5.74, 6) is -1.91. The minimum absolute atomic E-state index is 0.0131. The molecular formula is C22H22F2N4O3S. The summed E-state index contributed by atoms with van der Waals surface area (Å²) < 4.78 is 55.6. The first-order valence-electron chi connectivity index (χ1n) is 9.65. The van der Waals surface area contributed by atoms with Crippen molar-refractivity contribution in [3.05, 3.63) is 89.8 Å². The lowest BCUT2D eigenvalue weighted by atomic mass is 10.1. The van der Waals surface area contributed by atoms with E-state index >= 15 is 0 Å². The second-order valence-corrected chi connectivity index (χ2v) is 8.79. The van der Waals surface area contributed by atoms with Gasteiger partial charge in [0.25, 0.3) is 5.91 Å². The Hall–Kier alpha value is -3.37. The minimum atomic E-state index is -4.14. The first-order chi connectivity index (χ1) is 15.1. The molecule has 32 heavy (non-hydrogen) atoms. The van der Waals surface area contributed by atoms with E-state index in [2.05, 4.69) is 21.7 Å². The van der Waals surface area contributed by atoms with Gasteiger partial charge in [-0.15, -0.1) is 6.58 Å². The molecular weight excluding hydrogens is 438 g/mol. The highest BCUT2D eigenvalue weighted by Gasteiger charge is 2.22. The maximum Gasteiger partial charge on any atom is 0.251 e. The molecule has 0 aliphatic carbocycles. The molecule has 3 rings (SSSR count). The molecule has 0 saturated carbocycles. The SMILES string of the molecule is C=CCNS(=O)(=O)c1cc(C(=O)NC(C)c2cnn(-c3ccc(F)cc3)c2C)ccc1F. The van der Waals surface area contributed by atoms with Gasteiger partial charge in [-0.2, -0.15) is 5.10 Å². The number of nitrogens with one attached hydrogen (secondary N) is 2. The Morgan fingerprint density at radius 2 is 1.91 bits per heavy atom. The number of benzene rings is 2. The van der Waals surface area contributed by atoms with E-state index in [9.17, 15) is 22.0 Å². The third kappa shape index (κ3) is 4.92. The van der Waals surface area contributed by atoms with Gasteiger partial charge in [0.05, 0.1) is 17.9 Å².